The summed E-state index contributed by atoms with van der Waals surface area (Å²) in [6.45, 7) is 2.07. The van der Waals surface area contributed by atoms with Crippen LogP contribution in [0.2, 0.25) is 0 Å². The largest absolute Gasteiger partial charge is 0.481 e. The number of nitrogens with two attached hydrogens (primary N) is 1. The van der Waals surface area contributed by atoms with E-state index in [9.17, 15) is 4.79 Å². The second kappa shape index (κ2) is 6.87. The maximum absolute atomic E-state index is 11.7. The van der Waals surface area contributed by atoms with Crippen LogP contribution in [-0.4, -0.2) is 42.7 Å². The van der Waals surface area contributed by atoms with Crippen LogP contribution in [0.1, 0.15) is 12.1 Å². The number of nitrogens with zero attached hydrogens (tertiary/aromatic N) is 2. The molecule has 0 aliphatic heterocycles. The first-order valence-corrected chi connectivity index (χ1v) is 5.51. The number of hydrogen-bond donors (Lipinski definition) is 2. The van der Waals surface area contributed by atoms with Crippen LogP contribution < -0.4 is 15.8 Å². The predicted octanol–water partition coefficient (Wildman–Crippen LogP) is 0.0959. The summed E-state index contributed by atoms with van der Waals surface area (Å²) < 4.78 is 10.0. The van der Waals surface area contributed by atoms with Crippen molar-refractivity contribution in [3.05, 3.63) is 11.8 Å². The van der Waals surface area contributed by atoms with Crippen molar-refractivity contribution >= 4 is 11.9 Å². The SMILES string of the molecule is COc1cc(C)nc(NC(=O)CC(CN)OC)n1. The first kappa shape index (κ1) is 14.3. The molecule has 1 amide bonds. The van der Waals surface area contributed by atoms with Crippen LogP contribution in [0, 0.1) is 6.92 Å². The molecule has 0 aliphatic rings. The lowest BCUT2D eigenvalue weighted by atomic mass is 10.2. The third-order valence-corrected chi connectivity index (χ3v) is 2.30. The van der Waals surface area contributed by atoms with Gasteiger partial charge in [-0.15, -0.1) is 0 Å². The summed E-state index contributed by atoms with van der Waals surface area (Å²) >= 11 is 0. The molecule has 0 aliphatic carbocycles. The fourth-order valence-electron chi connectivity index (χ4n) is 1.35. The zero-order chi connectivity index (χ0) is 13.5. The highest BCUT2D eigenvalue weighted by atomic mass is 16.5. The van der Waals surface area contributed by atoms with Crippen LogP contribution >= 0.6 is 0 Å². The minimum Gasteiger partial charge on any atom is -0.481 e. The highest BCUT2D eigenvalue weighted by Gasteiger charge is 2.13. The van der Waals surface area contributed by atoms with E-state index in [2.05, 4.69) is 15.3 Å². The molecular formula is C11H18N4O3. The van der Waals surface area contributed by atoms with E-state index in [-0.39, 0.29) is 30.9 Å². The van der Waals surface area contributed by atoms with Crippen molar-refractivity contribution < 1.29 is 14.3 Å². The van der Waals surface area contributed by atoms with E-state index in [0.29, 0.717) is 11.6 Å². The van der Waals surface area contributed by atoms with Crippen LogP contribution in [0.4, 0.5) is 5.95 Å². The van der Waals surface area contributed by atoms with E-state index in [1.165, 1.54) is 14.2 Å². The first-order chi connectivity index (χ1) is 8.58. The number of rotatable bonds is 6. The number of aromatic nitrogens is 2. The maximum atomic E-state index is 11.7. The van der Waals surface area contributed by atoms with Crippen molar-refractivity contribution in [1.82, 2.24) is 9.97 Å². The molecule has 1 aromatic heterocycles. The number of ether oxygens (including phenoxy) is 2. The van der Waals surface area contributed by atoms with Crippen molar-refractivity contribution in [2.24, 2.45) is 5.73 Å². The molecule has 0 saturated carbocycles. The molecule has 7 heteroatoms. The lowest BCUT2D eigenvalue weighted by Crippen LogP contribution is -2.28. The molecular weight excluding hydrogens is 236 g/mol. The van der Waals surface area contributed by atoms with Gasteiger partial charge >= 0.3 is 0 Å². The highest BCUT2D eigenvalue weighted by Crippen LogP contribution is 2.11. The molecule has 0 spiro atoms. The van der Waals surface area contributed by atoms with Crippen LogP contribution in [0.3, 0.4) is 0 Å². The number of carbonyl (C=O) groups is 1. The van der Waals surface area contributed by atoms with Gasteiger partial charge < -0.3 is 15.2 Å². The number of hydrogen-bond acceptors (Lipinski definition) is 6. The predicted molar refractivity (Wildman–Crippen MR) is 66.4 cm³/mol. The molecule has 18 heavy (non-hydrogen) atoms. The summed E-state index contributed by atoms with van der Waals surface area (Å²) in [5, 5.41) is 2.58. The third-order valence-electron chi connectivity index (χ3n) is 2.30. The van der Waals surface area contributed by atoms with Crippen molar-refractivity contribution in [2.45, 2.75) is 19.4 Å². The van der Waals surface area contributed by atoms with E-state index >= 15 is 0 Å². The Kier molecular flexibility index (Phi) is 5.47. The Hall–Kier alpha value is -1.73. The number of aryl methyl sites for hydroxylation is 1. The first-order valence-electron chi connectivity index (χ1n) is 5.51. The second-order valence-corrected chi connectivity index (χ2v) is 3.72. The summed E-state index contributed by atoms with van der Waals surface area (Å²) in [4.78, 5) is 19.8. The van der Waals surface area contributed by atoms with Crippen molar-refractivity contribution in [3.8, 4) is 5.88 Å². The molecule has 1 aromatic rings. The van der Waals surface area contributed by atoms with Gasteiger partial charge in [0.05, 0.1) is 19.6 Å². The van der Waals surface area contributed by atoms with Gasteiger partial charge in [0.15, 0.2) is 0 Å². The van der Waals surface area contributed by atoms with Crippen molar-refractivity contribution in [2.75, 3.05) is 26.1 Å². The molecule has 0 saturated heterocycles. The smallest absolute Gasteiger partial charge is 0.232 e. The zero-order valence-electron chi connectivity index (χ0n) is 10.8. The Morgan fingerprint density at radius 1 is 1.50 bits per heavy atom. The normalized spacial score (nSPS) is 12.0. The molecule has 7 nitrogen and oxygen atoms in total. The van der Waals surface area contributed by atoms with E-state index in [1.54, 1.807) is 13.0 Å². The van der Waals surface area contributed by atoms with Gasteiger partial charge in [0, 0.05) is 25.4 Å². The average molecular weight is 254 g/mol. The Balaban J connectivity index is 2.66. The lowest BCUT2D eigenvalue weighted by molar-refractivity contribution is -0.118. The Morgan fingerprint density at radius 3 is 2.78 bits per heavy atom. The molecule has 0 bridgehead atoms. The summed E-state index contributed by atoms with van der Waals surface area (Å²) in [6, 6.07) is 1.67. The van der Waals surface area contributed by atoms with Crippen LogP contribution in [0.5, 0.6) is 5.88 Å². The van der Waals surface area contributed by atoms with Crippen LogP contribution in [0.15, 0.2) is 6.07 Å². The molecule has 0 aromatic carbocycles. The quantitative estimate of drug-likeness (QED) is 0.746. The van der Waals surface area contributed by atoms with E-state index in [1.807, 2.05) is 0 Å². The Labute approximate surface area is 106 Å². The van der Waals surface area contributed by atoms with Gasteiger partial charge in [0.2, 0.25) is 17.7 Å². The molecule has 3 N–H and O–H groups in total. The Morgan fingerprint density at radius 2 is 2.22 bits per heavy atom. The van der Waals surface area contributed by atoms with Gasteiger partial charge in [0.1, 0.15) is 0 Å². The highest BCUT2D eigenvalue weighted by molar-refractivity contribution is 5.89. The zero-order valence-corrected chi connectivity index (χ0v) is 10.8. The fraction of sp³-hybridized carbons (Fsp3) is 0.545. The molecule has 1 atom stereocenters. The topological polar surface area (TPSA) is 99.4 Å². The van der Waals surface area contributed by atoms with Gasteiger partial charge in [-0.2, -0.15) is 4.98 Å². The van der Waals surface area contributed by atoms with Gasteiger partial charge in [-0.05, 0) is 6.92 Å². The third kappa shape index (κ3) is 4.27. The van der Waals surface area contributed by atoms with Gasteiger partial charge in [0.25, 0.3) is 0 Å². The maximum Gasteiger partial charge on any atom is 0.232 e. The monoisotopic (exact) mass is 254 g/mol. The number of nitrogens with one attached hydrogen (secondary N) is 1. The van der Waals surface area contributed by atoms with E-state index in [0.717, 1.165) is 0 Å². The van der Waals surface area contributed by atoms with Crippen molar-refractivity contribution in [1.29, 1.82) is 0 Å². The molecule has 1 unspecified atom stereocenters. The van der Waals surface area contributed by atoms with Crippen LogP contribution in [0.25, 0.3) is 0 Å². The van der Waals surface area contributed by atoms with E-state index in [4.69, 9.17) is 15.2 Å². The minimum atomic E-state index is -0.309. The Bertz CT molecular complexity index is 407. The number of carbonyl (C=O) groups excluding carboxylic acids is 1. The van der Waals surface area contributed by atoms with Crippen molar-refractivity contribution in [3.63, 3.8) is 0 Å². The van der Waals surface area contributed by atoms with Crippen LogP contribution in [-0.2, 0) is 9.53 Å². The molecule has 1 heterocycles. The summed E-state index contributed by atoms with van der Waals surface area (Å²) in [5.41, 5.74) is 6.15. The number of anilines is 1. The molecule has 0 fully saturated rings. The minimum absolute atomic E-state index is 0.159. The molecule has 1 rings (SSSR count). The number of methoxy groups -OCH3 is 2. The standard InChI is InChI=1S/C11H18N4O3/c1-7-4-10(18-3)15-11(13-7)14-9(16)5-8(6-12)17-2/h4,8H,5-6,12H2,1-3H3,(H,13,14,15,16). The number of amides is 1. The summed E-state index contributed by atoms with van der Waals surface area (Å²) in [7, 11) is 3.01. The molecule has 100 valence electrons. The second-order valence-electron chi connectivity index (χ2n) is 3.72. The average Bonchev–Trinajstić information content (AvgIpc) is 2.35. The summed E-state index contributed by atoms with van der Waals surface area (Å²) in [5.74, 6) is 0.364. The lowest BCUT2D eigenvalue weighted by Gasteiger charge is -2.12. The van der Waals surface area contributed by atoms with Gasteiger partial charge in [-0.3, -0.25) is 10.1 Å². The summed E-state index contributed by atoms with van der Waals surface area (Å²) in [6.07, 6.45) is -0.149. The van der Waals surface area contributed by atoms with Gasteiger partial charge in [-0.25, -0.2) is 4.98 Å². The molecule has 0 radical (unpaired) electrons. The van der Waals surface area contributed by atoms with E-state index < -0.39 is 0 Å². The van der Waals surface area contributed by atoms with Gasteiger partial charge in [-0.1, -0.05) is 0 Å². The fourth-order valence-corrected chi connectivity index (χ4v) is 1.35.